The zero-order valence-corrected chi connectivity index (χ0v) is 13.9. The summed E-state index contributed by atoms with van der Waals surface area (Å²) in [5, 5.41) is 19.1. The lowest BCUT2D eigenvalue weighted by Crippen LogP contribution is -2.09. The second-order valence-corrected chi connectivity index (χ2v) is 6.30. The van der Waals surface area contributed by atoms with Gasteiger partial charge in [-0.1, -0.05) is 6.08 Å². The van der Waals surface area contributed by atoms with Crippen molar-refractivity contribution in [2.75, 3.05) is 13.1 Å². The molecule has 0 amide bonds. The lowest BCUT2D eigenvalue weighted by molar-refractivity contribution is -0.134. The molecule has 1 aliphatic carbocycles. The molecular formula is C16H17BrN2O4. The predicted molar refractivity (Wildman–Crippen MR) is 88.8 cm³/mol. The van der Waals surface area contributed by atoms with E-state index in [1.165, 1.54) is 24.1 Å². The van der Waals surface area contributed by atoms with Crippen LogP contribution in [-0.4, -0.2) is 40.2 Å². The second-order valence-electron chi connectivity index (χ2n) is 5.38. The van der Waals surface area contributed by atoms with Crippen molar-refractivity contribution < 1.29 is 19.8 Å². The number of halogens is 1. The summed E-state index contributed by atoms with van der Waals surface area (Å²) in [6.07, 6.45) is 8.54. The number of aliphatic carboxylic acids is 2. The number of hydrogen-bond donors (Lipinski definition) is 3. The van der Waals surface area contributed by atoms with Crippen molar-refractivity contribution in [2.24, 2.45) is 11.8 Å². The van der Waals surface area contributed by atoms with Gasteiger partial charge in [-0.15, -0.1) is 0 Å². The molecule has 2 atom stereocenters. The average molecular weight is 381 g/mol. The van der Waals surface area contributed by atoms with Crippen molar-refractivity contribution in [3.05, 3.63) is 46.7 Å². The summed E-state index contributed by atoms with van der Waals surface area (Å²) in [4.78, 5) is 23.3. The van der Waals surface area contributed by atoms with Crippen LogP contribution in [0.15, 0.2) is 41.2 Å². The number of hydrogen-bond acceptors (Lipinski definition) is 4. The van der Waals surface area contributed by atoms with E-state index in [9.17, 15) is 9.59 Å². The van der Waals surface area contributed by atoms with E-state index < -0.39 is 11.9 Å². The largest absolute Gasteiger partial charge is 0.478 e. The monoisotopic (exact) mass is 380 g/mol. The first kappa shape index (κ1) is 17.4. The molecule has 1 saturated heterocycles. The number of carboxylic acids is 2. The first-order chi connectivity index (χ1) is 11.0. The Bertz CT molecular complexity index is 641. The molecule has 3 rings (SSSR count). The van der Waals surface area contributed by atoms with Crippen LogP contribution < -0.4 is 5.32 Å². The molecule has 0 unspecified atom stereocenters. The van der Waals surface area contributed by atoms with Crippen molar-refractivity contribution >= 4 is 33.4 Å². The van der Waals surface area contributed by atoms with Gasteiger partial charge in [-0.3, -0.25) is 4.98 Å². The molecule has 2 aliphatic rings. The van der Waals surface area contributed by atoms with Gasteiger partial charge in [-0.25, -0.2) is 9.59 Å². The van der Waals surface area contributed by atoms with Crippen LogP contribution in [0.3, 0.4) is 0 Å². The molecule has 2 heterocycles. The van der Waals surface area contributed by atoms with E-state index in [0.717, 1.165) is 22.9 Å². The van der Waals surface area contributed by atoms with Gasteiger partial charge in [0, 0.05) is 35.6 Å². The maximum atomic E-state index is 9.55. The molecule has 1 aromatic heterocycles. The Hall–Kier alpha value is -1.99. The summed E-state index contributed by atoms with van der Waals surface area (Å²) >= 11 is 3.47. The van der Waals surface area contributed by atoms with E-state index in [1.807, 2.05) is 12.4 Å². The van der Waals surface area contributed by atoms with Crippen molar-refractivity contribution in [1.82, 2.24) is 10.3 Å². The topological polar surface area (TPSA) is 99.5 Å². The fourth-order valence-electron chi connectivity index (χ4n) is 2.73. The molecule has 1 aliphatic heterocycles. The Morgan fingerprint density at radius 1 is 1.22 bits per heavy atom. The number of carbonyl (C=O) groups is 2. The van der Waals surface area contributed by atoms with Crippen LogP contribution in [0.25, 0.3) is 5.57 Å². The number of nitrogens with zero attached hydrogens (tertiary/aromatic N) is 1. The van der Waals surface area contributed by atoms with Crippen LogP contribution in [0.1, 0.15) is 12.0 Å². The van der Waals surface area contributed by atoms with Gasteiger partial charge in [0.05, 0.1) is 0 Å². The molecule has 0 radical (unpaired) electrons. The van der Waals surface area contributed by atoms with Crippen molar-refractivity contribution in [2.45, 2.75) is 6.42 Å². The molecule has 23 heavy (non-hydrogen) atoms. The normalized spacial score (nSPS) is 22.2. The predicted octanol–water partition coefficient (Wildman–Crippen LogP) is 2.18. The van der Waals surface area contributed by atoms with Gasteiger partial charge >= 0.3 is 11.9 Å². The lowest BCUT2D eigenvalue weighted by atomic mass is 9.99. The minimum atomic E-state index is -1.26. The van der Waals surface area contributed by atoms with Gasteiger partial charge < -0.3 is 15.5 Å². The van der Waals surface area contributed by atoms with E-state index in [-0.39, 0.29) is 0 Å². The third-order valence-electron chi connectivity index (χ3n) is 3.73. The van der Waals surface area contributed by atoms with Crippen molar-refractivity contribution in [1.29, 1.82) is 0 Å². The number of aromatic nitrogens is 1. The highest BCUT2D eigenvalue weighted by Gasteiger charge is 2.31. The Morgan fingerprint density at radius 3 is 2.48 bits per heavy atom. The molecule has 0 aromatic carbocycles. The first-order valence-electron chi connectivity index (χ1n) is 7.12. The highest BCUT2D eigenvalue weighted by Crippen LogP contribution is 2.38. The number of pyridine rings is 1. The SMILES string of the molecule is Brc1cncc(C2=C[C@@H]3CNC[C@@H]3C2)c1.O=C(O)/C=C/C(=O)O. The third kappa shape index (κ3) is 5.30. The molecule has 122 valence electrons. The second kappa shape index (κ2) is 8.03. The van der Waals surface area contributed by atoms with E-state index in [0.29, 0.717) is 12.2 Å². The fraction of sp³-hybridized carbons (Fsp3) is 0.312. The van der Waals surface area contributed by atoms with Crippen molar-refractivity contribution in [3.8, 4) is 0 Å². The summed E-state index contributed by atoms with van der Waals surface area (Å²) in [7, 11) is 0. The lowest BCUT2D eigenvalue weighted by Gasteiger charge is -2.06. The molecule has 7 heteroatoms. The highest BCUT2D eigenvalue weighted by molar-refractivity contribution is 9.10. The van der Waals surface area contributed by atoms with Gasteiger partial charge in [-0.05, 0) is 57.9 Å². The molecule has 6 nitrogen and oxygen atoms in total. The molecule has 0 saturated carbocycles. The molecule has 1 fully saturated rings. The Kier molecular flexibility index (Phi) is 6.06. The Labute approximate surface area is 142 Å². The summed E-state index contributed by atoms with van der Waals surface area (Å²) in [5.41, 5.74) is 2.75. The van der Waals surface area contributed by atoms with Gasteiger partial charge in [-0.2, -0.15) is 0 Å². The van der Waals surface area contributed by atoms with Crippen molar-refractivity contribution in [3.63, 3.8) is 0 Å². The standard InChI is InChI=1S/C12H13BrN2.C4H4O4/c13-12-3-11(6-15-7-12)8-1-9-4-14-5-10(9)2-8;5-3(6)1-2-4(7)8/h1,3,6-7,9-10,14H,2,4-5H2;1-2H,(H,5,6)(H,7,8)/b;2-1+/t9-,10+;/m1./s1. The smallest absolute Gasteiger partial charge is 0.328 e. The van der Waals surface area contributed by atoms with Gasteiger partial charge in [0.25, 0.3) is 0 Å². The fourth-order valence-corrected chi connectivity index (χ4v) is 3.09. The molecule has 1 aromatic rings. The summed E-state index contributed by atoms with van der Waals surface area (Å²) in [5.74, 6) is -0.947. The molecule has 0 spiro atoms. The van der Waals surface area contributed by atoms with Crippen LogP contribution in [0.5, 0.6) is 0 Å². The van der Waals surface area contributed by atoms with Crippen LogP contribution in [-0.2, 0) is 9.59 Å². The summed E-state index contributed by atoms with van der Waals surface area (Å²) < 4.78 is 1.07. The third-order valence-corrected chi connectivity index (χ3v) is 4.17. The summed E-state index contributed by atoms with van der Waals surface area (Å²) in [6.45, 7) is 2.32. The number of fused-ring (bicyclic) bond motifs is 1. The number of allylic oxidation sites excluding steroid dienone is 1. The Morgan fingerprint density at radius 2 is 1.91 bits per heavy atom. The Balaban J connectivity index is 0.000000207. The van der Waals surface area contributed by atoms with E-state index >= 15 is 0 Å². The van der Waals surface area contributed by atoms with Crippen LogP contribution in [0.2, 0.25) is 0 Å². The first-order valence-corrected chi connectivity index (χ1v) is 7.91. The van der Waals surface area contributed by atoms with Gasteiger partial charge in [0.15, 0.2) is 0 Å². The van der Waals surface area contributed by atoms with Crippen LogP contribution in [0.4, 0.5) is 0 Å². The minimum Gasteiger partial charge on any atom is -0.478 e. The van der Waals surface area contributed by atoms with Gasteiger partial charge in [0.1, 0.15) is 0 Å². The van der Waals surface area contributed by atoms with Crippen LogP contribution >= 0.6 is 15.9 Å². The quantitative estimate of drug-likeness (QED) is 0.695. The molecule has 3 N–H and O–H groups in total. The minimum absolute atomic E-state index is 0.558. The number of nitrogens with one attached hydrogen (secondary N) is 1. The van der Waals surface area contributed by atoms with E-state index in [4.69, 9.17) is 10.2 Å². The number of rotatable bonds is 3. The maximum absolute atomic E-state index is 9.55. The molecular weight excluding hydrogens is 364 g/mol. The van der Waals surface area contributed by atoms with E-state index in [2.05, 4.69) is 38.4 Å². The zero-order chi connectivity index (χ0) is 16.8. The zero-order valence-electron chi connectivity index (χ0n) is 12.3. The van der Waals surface area contributed by atoms with Crippen LogP contribution in [0, 0.1) is 11.8 Å². The number of carboxylic acid groups (broad SMARTS) is 2. The maximum Gasteiger partial charge on any atom is 0.328 e. The van der Waals surface area contributed by atoms with Gasteiger partial charge in [0.2, 0.25) is 0 Å². The van der Waals surface area contributed by atoms with E-state index in [1.54, 1.807) is 0 Å². The molecule has 0 bridgehead atoms. The average Bonchev–Trinajstić information content (AvgIpc) is 3.07. The summed E-state index contributed by atoms with van der Waals surface area (Å²) in [6, 6.07) is 2.16. The highest BCUT2D eigenvalue weighted by atomic mass is 79.9.